The first-order valence-electron chi connectivity index (χ1n) is 9.08. The van der Waals surface area contributed by atoms with Gasteiger partial charge in [-0.2, -0.15) is 5.26 Å². The second-order valence-electron chi connectivity index (χ2n) is 6.64. The predicted molar refractivity (Wildman–Crippen MR) is 105 cm³/mol. The van der Waals surface area contributed by atoms with E-state index >= 15 is 0 Å². The average Bonchev–Trinajstić information content (AvgIpc) is 2.55. The molecule has 25 heavy (non-hydrogen) atoms. The molecule has 0 spiro atoms. The molecule has 3 nitrogen and oxygen atoms in total. The van der Waals surface area contributed by atoms with Crippen LogP contribution in [-0.2, 0) is 9.53 Å². The van der Waals surface area contributed by atoms with E-state index < -0.39 is 0 Å². The Morgan fingerprint density at radius 3 is 2.20 bits per heavy atom. The van der Waals surface area contributed by atoms with E-state index in [1.807, 2.05) is 39.0 Å². The maximum Gasteiger partial charge on any atom is 0.333 e. The lowest BCUT2D eigenvalue weighted by molar-refractivity contribution is -0.138. The van der Waals surface area contributed by atoms with Gasteiger partial charge in [0.2, 0.25) is 0 Å². The third kappa shape index (κ3) is 11.2. The number of hydrogen-bond acceptors (Lipinski definition) is 3. The molecule has 0 aliphatic heterocycles. The van der Waals surface area contributed by atoms with Gasteiger partial charge in [0.15, 0.2) is 0 Å². The molecule has 0 heterocycles. The number of allylic oxidation sites excluding steroid dienone is 7. The summed E-state index contributed by atoms with van der Waals surface area (Å²) in [6.07, 6.45) is 12.0. The third-order valence-corrected chi connectivity index (χ3v) is 3.92. The van der Waals surface area contributed by atoms with Crippen molar-refractivity contribution in [3.8, 4) is 6.07 Å². The Bertz CT molecular complexity index is 584. The van der Waals surface area contributed by atoms with Crippen molar-refractivity contribution in [1.29, 1.82) is 5.26 Å². The highest BCUT2D eigenvalue weighted by Crippen LogP contribution is 2.13. The van der Waals surface area contributed by atoms with Gasteiger partial charge in [0.25, 0.3) is 0 Å². The van der Waals surface area contributed by atoms with E-state index in [1.165, 1.54) is 11.1 Å². The Morgan fingerprint density at radius 2 is 1.64 bits per heavy atom. The van der Waals surface area contributed by atoms with Crippen LogP contribution in [0.15, 0.2) is 46.6 Å². The van der Waals surface area contributed by atoms with Crippen molar-refractivity contribution in [3.05, 3.63) is 46.6 Å². The minimum atomic E-state index is -0.226. The van der Waals surface area contributed by atoms with E-state index in [1.54, 1.807) is 6.92 Å². The first-order chi connectivity index (χ1) is 11.8. The standard InChI is InChI=1S/C22H33NO2/c1-7-25-22(24)20(6)13-9-12-18(4)10-8-11-19(5)14-15-21(16-23)17(2)3/h10,13-15,17H,7-9,11-12H2,1-6H3/b18-10+,19-14+,20-13+,21-15+. The Balaban J connectivity index is 4.35. The topological polar surface area (TPSA) is 50.1 Å². The highest BCUT2D eigenvalue weighted by atomic mass is 16.5. The van der Waals surface area contributed by atoms with Gasteiger partial charge in [0, 0.05) is 11.1 Å². The highest BCUT2D eigenvalue weighted by molar-refractivity contribution is 5.87. The molecule has 0 atom stereocenters. The SMILES string of the molecule is CCOC(=O)/C(C)=C/CC/C(C)=C/CC/C(C)=C/C=C(\C#N)C(C)C. The van der Waals surface area contributed by atoms with Gasteiger partial charge in [-0.05, 0) is 65.4 Å². The molecular weight excluding hydrogens is 310 g/mol. The van der Waals surface area contributed by atoms with Gasteiger partial charge in [-0.25, -0.2) is 4.79 Å². The van der Waals surface area contributed by atoms with Crippen LogP contribution in [-0.4, -0.2) is 12.6 Å². The zero-order valence-electron chi connectivity index (χ0n) is 16.7. The van der Waals surface area contributed by atoms with Crippen LogP contribution < -0.4 is 0 Å². The molecule has 0 aromatic heterocycles. The summed E-state index contributed by atoms with van der Waals surface area (Å²) in [5, 5.41) is 9.05. The number of esters is 1. The summed E-state index contributed by atoms with van der Waals surface area (Å²) in [4.78, 5) is 11.5. The fraction of sp³-hybridized carbons (Fsp3) is 0.545. The van der Waals surface area contributed by atoms with Gasteiger partial charge in [-0.15, -0.1) is 0 Å². The molecule has 0 unspecified atom stereocenters. The van der Waals surface area contributed by atoms with E-state index in [0.717, 1.165) is 31.3 Å². The molecule has 0 aliphatic rings. The smallest absolute Gasteiger partial charge is 0.333 e. The summed E-state index contributed by atoms with van der Waals surface area (Å²) in [6.45, 7) is 12.3. The van der Waals surface area contributed by atoms with E-state index in [4.69, 9.17) is 10.00 Å². The lowest BCUT2D eigenvalue weighted by Gasteiger charge is -2.03. The molecule has 0 bridgehead atoms. The fourth-order valence-electron chi connectivity index (χ4n) is 2.17. The molecule has 0 aliphatic carbocycles. The van der Waals surface area contributed by atoms with Crippen molar-refractivity contribution in [2.24, 2.45) is 5.92 Å². The van der Waals surface area contributed by atoms with Crippen LogP contribution in [0.5, 0.6) is 0 Å². The Labute approximate surface area is 153 Å². The van der Waals surface area contributed by atoms with Crippen LogP contribution >= 0.6 is 0 Å². The van der Waals surface area contributed by atoms with E-state index in [2.05, 4.69) is 26.0 Å². The highest BCUT2D eigenvalue weighted by Gasteiger charge is 2.03. The molecule has 138 valence electrons. The minimum absolute atomic E-state index is 0.226. The molecule has 0 saturated heterocycles. The minimum Gasteiger partial charge on any atom is -0.463 e. The number of carbonyl (C=O) groups is 1. The number of nitriles is 1. The normalized spacial score (nSPS) is 13.8. The second kappa shape index (κ2) is 13.2. The van der Waals surface area contributed by atoms with Crippen LogP contribution in [0.3, 0.4) is 0 Å². The average molecular weight is 344 g/mol. The van der Waals surface area contributed by atoms with Gasteiger partial charge >= 0.3 is 5.97 Å². The van der Waals surface area contributed by atoms with E-state index in [-0.39, 0.29) is 11.9 Å². The molecule has 0 radical (unpaired) electrons. The zero-order valence-corrected chi connectivity index (χ0v) is 16.7. The van der Waals surface area contributed by atoms with Gasteiger partial charge in [0.1, 0.15) is 0 Å². The molecule has 0 aromatic carbocycles. The largest absolute Gasteiger partial charge is 0.463 e. The fourth-order valence-corrected chi connectivity index (χ4v) is 2.17. The predicted octanol–water partition coefficient (Wildman–Crippen LogP) is 6.05. The van der Waals surface area contributed by atoms with Crippen LogP contribution in [0.1, 0.15) is 67.2 Å². The van der Waals surface area contributed by atoms with Gasteiger partial charge in [-0.1, -0.05) is 43.2 Å². The van der Waals surface area contributed by atoms with Crippen molar-refractivity contribution >= 4 is 5.97 Å². The quantitative estimate of drug-likeness (QED) is 0.159. The number of nitrogens with zero attached hydrogens (tertiary/aromatic N) is 1. The molecule has 0 aromatic rings. The third-order valence-electron chi connectivity index (χ3n) is 3.92. The van der Waals surface area contributed by atoms with Gasteiger partial charge in [0.05, 0.1) is 12.7 Å². The summed E-state index contributed by atoms with van der Waals surface area (Å²) in [5.41, 5.74) is 4.10. The monoisotopic (exact) mass is 343 g/mol. The summed E-state index contributed by atoms with van der Waals surface area (Å²) >= 11 is 0. The Kier molecular flexibility index (Phi) is 12.1. The number of rotatable bonds is 10. The molecule has 3 heteroatoms. The first-order valence-corrected chi connectivity index (χ1v) is 9.08. The first kappa shape index (κ1) is 22.9. The van der Waals surface area contributed by atoms with Crippen LogP contribution in [0.4, 0.5) is 0 Å². The molecule has 0 saturated carbocycles. The maximum absolute atomic E-state index is 11.5. The number of carbonyl (C=O) groups excluding carboxylic acids is 1. The van der Waals surface area contributed by atoms with Crippen LogP contribution in [0.2, 0.25) is 0 Å². The summed E-state index contributed by atoms with van der Waals surface area (Å²) in [6, 6.07) is 2.25. The lowest BCUT2D eigenvalue weighted by atomic mass is 10.0. The maximum atomic E-state index is 11.5. The van der Waals surface area contributed by atoms with Crippen molar-refractivity contribution in [2.75, 3.05) is 6.61 Å². The van der Waals surface area contributed by atoms with Crippen LogP contribution in [0, 0.1) is 17.2 Å². The van der Waals surface area contributed by atoms with Gasteiger partial charge < -0.3 is 4.74 Å². The molecule has 0 rings (SSSR count). The summed E-state index contributed by atoms with van der Waals surface area (Å²) in [7, 11) is 0. The Morgan fingerprint density at radius 1 is 1.04 bits per heavy atom. The Hall–Kier alpha value is -2.08. The van der Waals surface area contributed by atoms with Crippen molar-refractivity contribution in [1.82, 2.24) is 0 Å². The van der Waals surface area contributed by atoms with Crippen molar-refractivity contribution < 1.29 is 9.53 Å². The zero-order chi connectivity index (χ0) is 19.2. The molecule has 0 N–H and O–H groups in total. The van der Waals surface area contributed by atoms with E-state index in [0.29, 0.717) is 12.2 Å². The molecule has 0 fully saturated rings. The van der Waals surface area contributed by atoms with Crippen molar-refractivity contribution in [2.45, 2.75) is 67.2 Å². The number of hydrogen-bond donors (Lipinski definition) is 0. The molecular formula is C22H33NO2. The second-order valence-corrected chi connectivity index (χ2v) is 6.64. The molecule has 0 amide bonds. The number of ether oxygens (including phenoxy) is 1. The summed E-state index contributed by atoms with van der Waals surface area (Å²) in [5.74, 6) is 0.0402. The van der Waals surface area contributed by atoms with E-state index in [9.17, 15) is 4.79 Å². The van der Waals surface area contributed by atoms with Gasteiger partial charge in [-0.3, -0.25) is 0 Å². The lowest BCUT2D eigenvalue weighted by Crippen LogP contribution is -2.04. The van der Waals surface area contributed by atoms with Crippen molar-refractivity contribution in [3.63, 3.8) is 0 Å². The summed E-state index contributed by atoms with van der Waals surface area (Å²) < 4.78 is 4.96. The van der Waals surface area contributed by atoms with Crippen LogP contribution in [0.25, 0.3) is 0 Å².